The summed E-state index contributed by atoms with van der Waals surface area (Å²) >= 11 is 12.9. The average molecular weight is 429 g/mol. The molecule has 2 N–H and O–H groups in total. The number of hydrogen-bond donors (Lipinski definition) is 1. The fraction of sp³-hybridized carbons (Fsp3) is 0. The third-order valence-electron chi connectivity index (χ3n) is 3.03. The van der Waals surface area contributed by atoms with Crippen LogP contribution in [0.2, 0.25) is 5.02 Å². The molecule has 0 saturated heterocycles. The number of hydrogen-bond acceptors (Lipinski definition) is 3. The van der Waals surface area contributed by atoms with Crippen LogP contribution in [-0.4, -0.2) is 5.16 Å². The van der Waals surface area contributed by atoms with Crippen molar-refractivity contribution < 1.29 is 4.52 Å². The fourth-order valence-corrected chi connectivity index (χ4v) is 3.41. The SMILES string of the molecule is Nc1noc(-c2ccc(Br)cc2Br)c1-c1ccc(Cl)cc1. The van der Waals surface area contributed by atoms with Gasteiger partial charge < -0.3 is 10.3 Å². The monoisotopic (exact) mass is 426 g/mol. The van der Waals surface area contributed by atoms with E-state index in [1.807, 2.05) is 42.5 Å². The summed E-state index contributed by atoms with van der Waals surface area (Å²) in [5.41, 5.74) is 8.51. The summed E-state index contributed by atoms with van der Waals surface area (Å²) in [6.45, 7) is 0. The standard InChI is InChI=1S/C15H9Br2ClN2O/c16-9-3-6-11(12(17)7-9)14-13(15(19)20-21-14)8-1-4-10(18)5-2-8/h1-7H,(H2,19,20). The molecule has 2 aromatic carbocycles. The van der Waals surface area contributed by atoms with Crippen LogP contribution >= 0.6 is 43.5 Å². The number of benzene rings is 2. The minimum atomic E-state index is 0.349. The molecular weight excluding hydrogens is 419 g/mol. The van der Waals surface area contributed by atoms with Crippen molar-refractivity contribution in [3.05, 3.63) is 56.4 Å². The van der Waals surface area contributed by atoms with Crippen molar-refractivity contribution in [1.29, 1.82) is 0 Å². The van der Waals surface area contributed by atoms with E-state index in [1.54, 1.807) is 0 Å². The molecule has 106 valence electrons. The molecule has 0 amide bonds. The molecule has 6 heteroatoms. The number of nitrogens with zero attached hydrogens (tertiary/aromatic N) is 1. The van der Waals surface area contributed by atoms with E-state index in [2.05, 4.69) is 37.0 Å². The quantitative estimate of drug-likeness (QED) is 0.564. The van der Waals surface area contributed by atoms with E-state index in [1.165, 1.54) is 0 Å². The van der Waals surface area contributed by atoms with Crippen LogP contribution < -0.4 is 5.73 Å². The number of nitrogens with two attached hydrogens (primary N) is 1. The highest BCUT2D eigenvalue weighted by molar-refractivity contribution is 9.11. The van der Waals surface area contributed by atoms with Gasteiger partial charge in [0, 0.05) is 19.5 Å². The minimum absolute atomic E-state index is 0.349. The molecule has 0 unspecified atom stereocenters. The summed E-state index contributed by atoms with van der Waals surface area (Å²) in [5.74, 6) is 0.969. The van der Waals surface area contributed by atoms with Crippen LogP contribution in [0.4, 0.5) is 5.82 Å². The molecule has 0 spiro atoms. The van der Waals surface area contributed by atoms with Gasteiger partial charge in [-0.25, -0.2) is 0 Å². The molecule has 0 radical (unpaired) electrons. The molecule has 1 heterocycles. The largest absolute Gasteiger partial charge is 0.380 e. The summed E-state index contributed by atoms with van der Waals surface area (Å²) in [6, 6.07) is 13.2. The molecule has 0 aliphatic heterocycles. The summed E-state index contributed by atoms with van der Waals surface area (Å²) < 4.78 is 7.30. The highest BCUT2D eigenvalue weighted by Gasteiger charge is 2.19. The lowest BCUT2D eigenvalue weighted by molar-refractivity contribution is 0.436. The van der Waals surface area contributed by atoms with Crippen LogP contribution in [0.5, 0.6) is 0 Å². The molecule has 0 fully saturated rings. The molecule has 0 aliphatic carbocycles. The lowest BCUT2D eigenvalue weighted by Crippen LogP contribution is -1.89. The third-order valence-corrected chi connectivity index (χ3v) is 4.43. The predicted octanol–water partition coefficient (Wildman–Crippen LogP) is 5.77. The number of halogens is 3. The summed E-state index contributed by atoms with van der Waals surface area (Å²) in [7, 11) is 0. The van der Waals surface area contributed by atoms with Gasteiger partial charge in [0.15, 0.2) is 11.6 Å². The molecule has 0 aliphatic rings. The van der Waals surface area contributed by atoms with Gasteiger partial charge in [-0.15, -0.1) is 0 Å². The lowest BCUT2D eigenvalue weighted by Gasteiger charge is -2.05. The van der Waals surface area contributed by atoms with Crippen molar-refractivity contribution in [1.82, 2.24) is 5.16 Å². The van der Waals surface area contributed by atoms with Crippen LogP contribution in [0.3, 0.4) is 0 Å². The van der Waals surface area contributed by atoms with Gasteiger partial charge in [-0.2, -0.15) is 0 Å². The van der Waals surface area contributed by atoms with E-state index >= 15 is 0 Å². The lowest BCUT2D eigenvalue weighted by atomic mass is 10.0. The molecule has 0 saturated carbocycles. The molecule has 0 bridgehead atoms. The van der Waals surface area contributed by atoms with Gasteiger partial charge in [0.05, 0.1) is 5.56 Å². The smallest absolute Gasteiger partial charge is 0.178 e. The third kappa shape index (κ3) is 2.86. The first-order valence-corrected chi connectivity index (χ1v) is 7.99. The van der Waals surface area contributed by atoms with Crippen LogP contribution in [0.25, 0.3) is 22.5 Å². The molecule has 21 heavy (non-hydrogen) atoms. The average Bonchev–Trinajstić information content (AvgIpc) is 2.82. The van der Waals surface area contributed by atoms with Crippen molar-refractivity contribution in [2.24, 2.45) is 0 Å². The van der Waals surface area contributed by atoms with Gasteiger partial charge in [-0.05, 0) is 51.8 Å². The van der Waals surface area contributed by atoms with E-state index < -0.39 is 0 Å². The second kappa shape index (κ2) is 5.83. The van der Waals surface area contributed by atoms with Gasteiger partial charge in [-0.1, -0.05) is 44.8 Å². The number of aromatic nitrogens is 1. The van der Waals surface area contributed by atoms with Gasteiger partial charge >= 0.3 is 0 Å². The van der Waals surface area contributed by atoms with E-state index in [0.717, 1.165) is 25.6 Å². The van der Waals surface area contributed by atoms with E-state index in [-0.39, 0.29) is 0 Å². The maximum Gasteiger partial charge on any atom is 0.178 e. The predicted molar refractivity (Wildman–Crippen MR) is 92.2 cm³/mol. The summed E-state index contributed by atoms with van der Waals surface area (Å²) in [5, 5.41) is 4.56. The van der Waals surface area contributed by atoms with E-state index in [9.17, 15) is 0 Å². The van der Waals surface area contributed by atoms with E-state index in [0.29, 0.717) is 16.6 Å². The maximum absolute atomic E-state index is 5.97. The van der Waals surface area contributed by atoms with Gasteiger partial charge in [0.25, 0.3) is 0 Å². The first-order chi connectivity index (χ1) is 10.1. The van der Waals surface area contributed by atoms with Crippen LogP contribution in [0, 0.1) is 0 Å². The first-order valence-electron chi connectivity index (χ1n) is 6.03. The van der Waals surface area contributed by atoms with Crippen molar-refractivity contribution >= 4 is 49.3 Å². The summed E-state index contributed by atoms with van der Waals surface area (Å²) in [4.78, 5) is 0. The van der Waals surface area contributed by atoms with Gasteiger partial charge in [-0.3, -0.25) is 0 Å². The molecule has 3 nitrogen and oxygen atoms in total. The van der Waals surface area contributed by atoms with E-state index in [4.69, 9.17) is 21.9 Å². The number of rotatable bonds is 2. The van der Waals surface area contributed by atoms with Crippen molar-refractivity contribution in [2.75, 3.05) is 5.73 Å². The maximum atomic E-state index is 5.97. The second-order valence-corrected chi connectivity index (χ2v) is 6.61. The van der Waals surface area contributed by atoms with Gasteiger partial charge in [0.2, 0.25) is 0 Å². The van der Waals surface area contributed by atoms with Gasteiger partial charge in [0.1, 0.15) is 0 Å². The minimum Gasteiger partial charge on any atom is -0.380 e. The Hall–Kier alpha value is -1.30. The Labute approximate surface area is 143 Å². The van der Waals surface area contributed by atoms with Crippen molar-refractivity contribution in [2.45, 2.75) is 0 Å². The fourth-order valence-electron chi connectivity index (χ4n) is 2.06. The molecule has 1 aromatic heterocycles. The highest BCUT2D eigenvalue weighted by atomic mass is 79.9. The Morgan fingerprint density at radius 3 is 2.43 bits per heavy atom. The normalized spacial score (nSPS) is 10.8. The second-order valence-electron chi connectivity index (χ2n) is 4.40. The van der Waals surface area contributed by atoms with Crippen molar-refractivity contribution in [3.8, 4) is 22.5 Å². The first kappa shape index (κ1) is 14.6. The van der Waals surface area contributed by atoms with Crippen molar-refractivity contribution in [3.63, 3.8) is 0 Å². The number of anilines is 1. The van der Waals surface area contributed by atoms with Crippen LogP contribution in [0.1, 0.15) is 0 Å². The Balaban J connectivity index is 2.19. The zero-order valence-electron chi connectivity index (χ0n) is 10.6. The van der Waals surface area contributed by atoms with Crippen LogP contribution in [0.15, 0.2) is 55.9 Å². The number of nitrogen functional groups attached to an aromatic ring is 1. The Morgan fingerprint density at radius 1 is 1.05 bits per heavy atom. The molecule has 3 aromatic rings. The Morgan fingerprint density at radius 2 is 1.76 bits per heavy atom. The Kier molecular flexibility index (Phi) is 4.06. The zero-order valence-corrected chi connectivity index (χ0v) is 14.5. The molecule has 0 atom stereocenters. The molecule has 3 rings (SSSR count). The molecular formula is C15H9Br2ClN2O. The summed E-state index contributed by atoms with van der Waals surface area (Å²) in [6.07, 6.45) is 0. The highest BCUT2D eigenvalue weighted by Crippen LogP contribution is 2.40. The topological polar surface area (TPSA) is 52.0 Å². The zero-order chi connectivity index (χ0) is 15.0. The van der Waals surface area contributed by atoms with Crippen LogP contribution in [-0.2, 0) is 0 Å². The Bertz CT molecular complexity index is 800.